The molecule has 2 rings (SSSR count). The first-order chi connectivity index (χ1) is 9.92. The maximum atomic E-state index is 12.3. The summed E-state index contributed by atoms with van der Waals surface area (Å²) in [6.45, 7) is 6.14. The topological polar surface area (TPSA) is 95.7 Å². The second-order valence-electron chi connectivity index (χ2n) is 5.41. The highest BCUT2D eigenvalue weighted by atomic mass is 16.5. The van der Waals surface area contributed by atoms with E-state index in [4.69, 9.17) is 4.52 Å². The van der Waals surface area contributed by atoms with Crippen molar-refractivity contribution in [1.29, 1.82) is 0 Å². The lowest BCUT2D eigenvalue weighted by Gasteiger charge is -2.33. The maximum Gasteiger partial charge on any atom is 0.329 e. The standard InChI is InChI=1S/C14H21N3O4/c1-4-14(12(18)19)6-5-7-17(14)13(20)15-8-11-9(2)16-21-10(11)3/h4-8H2,1-3H3,(H,15,20)(H,18,19). The second-order valence-corrected chi connectivity index (χ2v) is 5.41. The van der Waals surface area contributed by atoms with Gasteiger partial charge in [0.15, 0.2) is 0 Å². The minimum Gasteiger partial charge on any atom is -0.479 e. The number of likely N-dealkylation sites (tertiary alicyclic amines) is 1. The fraction of sp³-hybridized carbons (Fsp3) is 0.643. The summed E-state index contributed by atoms with van der Waals surface area (Å²) in [6, 6.07) is -0.350. The molecule has 1 fully saturated rings. The highest BCUT2D eigenvalue weighted by Crippen LogP contribution is 2.32. The summed E-state index contributed by atoms with van der Waals surface area (Å²) < 4.78 is 5.04. The summed E-state index contributed by atoms with van der Waals surface area (Å²) in [4.78, 5) is 25.3. The van der Waals surface area contributed by atoms with Crippen molar-refractivity contribution in [3.8, 4) is 0 Å². The SMILES string of the molecule is CCC1(C(=O)O)CCCN1C(=O)NCc1c(C)noc1C. The molecule has 7 heteroatoms. The van der Waals surface area contributed by atoms with Crippen molar-refractivity contribution in [3.05, 3.63) is 17.0 Å². The summed E-state index contributed by atoms with van der Waals surface area (Å²) in [5.74, 6) is -0.274. The third-order valence-corrected chi connectivity index (χ3v) is 4.31. The smallest absolute Gasteiger partial charge is 0.329 e. The van der Waals surface area contributed by atoms with E-state index in [0.717, 1.165) is 11.3 Å². The molecular weight excluding hydrogens is 274 g/mol. The van der Waals surface area contributed by atoms with Crippen LogP contribution in [0.1, 0.15) is 43.2 Å². The average Bonchev–Trinajstić information content (AvgIpc) is 3.02. The van der Waals surface area contributed by atoms with Crippen LogP contribution in [0.5, 0.6) is 0 Å². The summed E-state index contributed by atoms with van der Waals surface area (Å²) in [5.41, 5.74) is 0.484. The zero-order chi connectivity index (χ0) is 15.6. The Kier molecular flexibility index (Phi) is 4.20. The summed E-state index contributed by atoms with van der Waals surface area (Å²) in [6.07, 6.45) is 1.61. The largest absolute Gasteiger partial charge is 0.479 e. The Morgan fingerprint density at radius 1 is 1.48 bits per heavy atom. The van der Waals surface area contributed by atoms with Gasteiger partial charge in [-0.15, -0.1) is 0 Å². The van der Waals surface area contributed by atoms with E-state index in [1.807, 2.05) is 0 Å². The Balaban J connectivity index is 2.08. The zero-order valence-corrected chi connectivity index (χ0v) is 12.6. The summed E-state index contributed by atoms with van der Waals surface area (Å²) in [5, 5.41) is 16.1. The molecule has 2 heterocycles. The van der Waals surface area contributed by atoms with E-state index in [-0.39, 0.29) is 12.6 Å². The van der Waals surface area contributed by atoms with Gasteiger partial charge < -0.3 is 19.8 Å². The van der Waals surface area contributed by atoms with E-state index in [1.54, 1.807) is 20.8 Å². The minimum absolute atomic E-state index is 0.288. The number of urea groups is 1. The molecule has 0 radical (unpaired) electrons. The van der Waals surface area contributed by atoms with Crippen LogP contribution < -0.4 is 5.32 Å². The number of nitrogens with one attached hydrogen (secondary N) is 1. The Hall–Kier alpha value is -2.05. The summed E-state index contributed by atoms with van der Waals surface area (Å²) >= 11 is 0. The molecule has 1 aromatic heterocycles. The predicted molar refractivity (Wildman–Crippen MR) is 74.8 cm³/mol. The van der Waals surface area contributed by atoms with Gasteiger partial charge in [-0.05, 0) is 33.1 Å². The number of nitrogens with zero attached hydrogens (tertiary/aromatic N) is 2. The molecule has 1 unspecified atom stereocenters. The molecule has 1 atom stereocenters. The average molecular weight is 295 g/mol. The Bertz CT molecular complexity index is 535. The number of carboxylic acid groups (broad SMARTS) is 1. The molecule has 1 aliphatic rings. The van der Waals surface area contributed by atoms with E-state index < -0.39 is 11.5 Å². The van der Waals surface area contributed by atoms with Crippen LogP contribution in [0.3, 0.4) is 0 Å². The van der Waals surface area contributed by atoms with Crippen molar-refractivity contribution in [1.82, 2.24) is 15.4 Å². The molecule has 1 aromatic rings. The third-order valence-electron chi connectivity index (χ3n) is 4.31. The van der Waals surface area contributed by atoms with E-state index in [0.29, 0.717) is 31.6 Å². The molecular formula is C14H21N3O4. The quantitative estimate of drug-likeness (QED) is 0.883. The first-order valence-electron chi connectivity index (χ1n) is 7.13. The number of carbonyl (C=O) groups excluding carboxylic acids is 1. The van der Waals surface area contributed by atoms with E-state index in [2.05, 4.69) is 10.5 Å². The van der Waals surface area contributed by atoms with Crippen LogP contribution in [0.15, 0.2) is 4.52 Å². The van der Waals surface area contributed by atoms with Crippen molar-refractivity contribution in [2.24, 2.45) is 0 Å². The molecule has 0 aliphatic carbocycles. The number of aryl methyl sites for hydroxylation is 2. The Morgan fingerprint density at radius 2 is 2.19 bits per heavy atom. The molecule has 116 valence electrons. The molecule has 2 N–H and O–H groups in total. The highest BCUT2D eigenvalue weighted by Gasteiger charge is 2.48. The number of rotatable bonds is 4. The normalized spacial score (nSPS) is 21.6. The first-order valence-corrected chi connectivity index (χ1v) is 7.13. The van der Waals surface area contributed by atoms with Gasteiger partial charge in [0.2, 0.25) is 0 Å². The van der Waals surface area contributed by atoms with Crippen molar-refractivity contribution >= 4 is 12.0 Å². The van der Waals surface area contributed by atoms with Gasteiger partial charge >= 0.3 is 12.0 Å². The van der Waals surface area contributed by atoms with E-state index >= 15 is 0 Å². The Morgan fingerprint density at radius 3 is 2.71 bits per heavy atom. The molecule has 1 saturated heterocycles. The monoisotopic (exact) mass is 295 g/mol. The van der Waals surface area contributed by atoms with Crippen LogP contribution >= 0.6 is 0 Å². The van der Waals surface area contributed by atoms with Gasteiger partial charge in [0.05, 0.1) is 5.69 Å². The fourth-order valence-electron chi connectivity index (χ4n) is 2.93. The number of carboxylic acids is 1. The summed E-state index contributed by atoms with van der Waals surface area (Å²) in [7, 11) is 0. The molecule has 0 spiro atoms. The van der Waals surface area contributed by atoms with E-state index in [1.165, 1.54) is 4.90 Å². The molecule has 0 aromatic carbocycles. The van der Waals surface area contributed by atoms with Gasteiger partial charge in [-0.1, -0.05) is 12.1 Å². The molecule has 7 nitrogen and oxygen atoms in total. The van der Waals surface area contributed by atoms with Crippen molar-refractivity contribution in [3.63, 3.8) is 0 Å². The maximum absolute atomic E-state index is 12.3. The Labute approximate surface area is 123 Å². The third kappa shape index (κ3) is 2.59. The van der Waals surface area contributed by atoms with Gasteiger partial charge in [-0.3, -0.25) is 0 Å². The van der Waals surface area contributed by atoms with Crippen LogP contribution in [-0.2, 0) is 11.3 Å². The van der Waals surface area contributed by atoms with Crippen LogP contribution in [0.2, 0.25) is 0 Å². The number of aliphatic carboxylic acids is 1. The highest BCUT2D eigenvalue weighted by molar-refractivity contribution is 5.87. The van der Waals surface area contributed by atoms with Gasteiger partial charge in [0, 0.05) is 18.7 Å². The van der Waals surface area contributed by atoms with Gasteiger partial charge in [0.1, 0.15) is 11.3 Å². The lowest BCUT2D eigenvalue weighted by Crippen LogP contribution is -2.55. The number of amides is 2. The van der Waals surface area contributed by atoms with Crippen LogP contribution in [0, 0.1) is 13.8 Å². The molecule has 2 amide bonds. The molecule has 21 heavy (non-hydrogen) atoms. The van der Waals surface area contributed by atoms with Crippen LogP contribution in [0.4, 0.5) is 4.79 Å². The molecule has 1 aliphatic heterocycles. The number of aromatic nitrogens is 1. The van der Waals surface area contributed by atoms with Gasteiger partial charge in [0.25, 0.3) is 0 Å². The zero-order valence-electron chi connectivity index (χ0n) is 12.6. The fourth-order valence-corrected chi connectivity index (χ4v) is 2.93. The first kappa shape index (κ1) is 15.3. The molecule has 0 saturated carbocycles. The number of hydrogen-bond acceptors (Lipinski definition) is 4. The number of hydrogen-bond donors (Lipinski definition) is 2. The van der Waals surface area contributed by atoms with E-state index in [9.17, 15) is 14.7 Å². The predicted octanol–water partition coefficient (Wildman–Crippen LogP) is 1.83. The van der Waals surface area contributed by atoms with Crippen molar-refractivity contribution in [2.75, 3.05) is 6.54 Å². The lowest BCUT2D eigenvalue weighted by molar-refractivity contribution is -0.148. The van der Waals surface area contributed by atoms with Crippen LogP contribution in [-0.4, -0.2) is 39.2 Å². The second kappa shape index (κ2) is 5.75. The number of carbonyl (C=O) groups is 2. The van der Waals surface area contributed by atoms with Gasteiger partial charge in [-0.2, -0.15) is 0 Å². The minimum atomic E-state index is -1.08. The van der Waals surface area contributed by atoms with Gasteiger partial charge in [-0.25, -0.2) is 9.59 Å². The lowest BCUT2D eigenvalue weighted by atomic mass is 9.93. The van der Waals surface area contributed by atoms with Crippen LogP contribution in [0.25, 0.3) is 0 Å². The van der Waals surface area contributed by atoms with Crippen molar-refractivity contribution < 1.29 is 19.2 Å². The van der Waals surface area contributed by atoms with Crippen molar-refractivity contribution in [2.45, 2.75) is 52.1 Å². The molecule has 0 bridgehead atoms.